The van der Waals surface area contributed by atoms with Gasteiger partial charge in [-0.1, -0.05) is 20.3 Å². The van der Waals surface area contributed by atoms with E-state index in [2.05, 4.69) is 5.32 Å². The van der Waals surface area contributed by atoms with Gasteiger partial charge in [-0.25, -0.2) is 4.79 Å². The predicted octanol–water partition coefficient (Wildman–Crippen LogP) is -0.350. The van der Waals surface area contributed by atoms with Gasteiger partial charge in [-0.05, 0) is 51.0 Å². The second kappa shape index (κ2) is 11.4. The topological polar surface area (TPSA) is 159 Å². The number of nitrogens with zero attached hydrogens (tertiary/aromatic N) is 2. The lowest BCUT2D eigenvalue weighted by Gasteiger charge is -2.33. The summed E-state index contributed by atoms with van der Waals surface area (Å²) >= 11 is 0. The molecule has 3 amide bonds. The third-order valence-electron chi connectivity index (χ3n) is 6.18. The van der Waals surface area contributed by atoms with Crippen molar-refractivity contribution in [2.24, 2.45) is 17.4 Å². The molecule has 0 saturated carbocycles. The molecule has 6 N–H and O–H groups in total. The highest BCUT2D eigenvalue weighted by molar-refractivity contribution is 5.94. The summed E-state index contributed by atoms with van der Waals surface area (Å²) in [4.78, 5) is 53.3. The van der Waals surface area contributed by atoms with Gasteiger partial charge in [0.15, 0.2) is 0 Å². The highest BCUT2D eigenvalue weighted by atomic mass is 16.4. The number of carbonyl (C=O) groups is 4. The van der Waals surface area contributed by atoms with Gasteiger partial charge in [-0.2, -0.15) is 0 Å². The van der Waals surface area contributed by atoms with Crippen molar-refractivity contribution in [1.29, 1.82) is 0 Å². The fourth-order valence-electron chi connectivity index (χ4n) is 4.36. The number of likely N-dealkylation sites (tertiary alicyclic amines) is 2. The van der Waals surface area contributed by atoms with Crippen molar-refractivity contribution >= 4 is 23.7 Å². The Labute approximate surface area is 183 Å². The lowest BCUT2D eigenvalue weighted by molar-refractivity contribution is -0.152. The summed E-state index contributed by atoms with van der Waals surface area (Å²) in [6, 6.07) is -3.05. The highest BCUT2D eigenvalue weighted by Gasteiger charge is 2.44. The Morgan fingerprint density at radius 2 is 1.65 bits per heavy atom. The maximum atomic E-state index is 13.3. The molecule has 2 rings (SSSR count). The van der Waals surface area contributed by atoms with Crippen LogP contribution in [0.5, 0.6) is 0 Å². The van der Waals surface area contributed by atoms with Crippen LogP contribution in [0.3, 0.4) is 0 Å². The molecule has 2 fully saturated rings. The van der Waals surface area contributed by atoms with Gasteiger partial charge in [0.1, 0.15) is 18.1 Å². The summed E-state index contributed by atoms with van der Waals surface area (Å²) in [7, 11) is 0. The smallest absolute Gasteiger partial charge is 0.326 e. The maximum Gasteiger partial charge on any atom is 0.326 e. The molecule has 176 valence electrons. The van der Waals surface area contributed by atoms with E-state index in [1.807, 2.05) is 13.8 Å². The van der Waals surface area contributed by atoms with Crippen molar-refractivity contribution in [2.45, 2.75) is 83.0 Å². The van der Waals surface area contributed by atoms with Gasteiger partial charge in [0.2, 0.25) is 17.7 Å². The second-order valence-corrected chi connectivity index (χ2v) is 8.84. The van der Waals surface area contributed by atoms with Crippen LogP contribution in [0.25, 0.3) is 0 Å². The van der Waals surface area contributed by atoms with Gasteiger partial charge in [0.05, 0.1) is 6.04 Å². The summed E-state index contributed by atoms with van der Waals surface area (Å²) in [5, 5.41) is 12.2. The van der Waals surface area contributed by atoms with Crippen LogP contribution in [0, 0.1) is 5.92 Å². The number of carbonyl (C=O) groups excluding carboxylic acids is 3. The van der Waals surface area contributed by atoms with Crippen LogP contribution in [0.4, 0.5) is 0 Å². The fourth-order valence-corrected chi connectivity index (χ4v) is 4.36. The lowest BCUT2D eigenvalue weighted by Crippen LogP contribution is -2.58. The zero-order valence-electron chi connectivity index (χ0n) is 18.6. The molecule has 31 heavy (non-hydrogen) atoms. The number of amides is 3. The standard InChI is InChI=1S/C21H37N5O5/c1-13(2)17(24-18(27)14(23)7-3-4-10-22)20(29)25-11-5-8-15(25)19(28)26-12-6-9-16(26)21(30)31/h13-17H,3-12,22-23H2,1-2H3,(H,24,27)(H,30,31). The highest BCUT2D eigenvalue weighted by Crippen LogP contribution is 2.26. The van der Waals surface area contributed by atoms with Crippen LogP contribution in [0.15, 0.2) is 0 Å². The Morgan fingerprint density at radius 1 is 1.03 bits per heavy atom. The summed E-state index contributed by atoms with van der Waals surface area (Å²) in [5.41, 5.74) is 11.4. The number of rotatable bonds is 10. The molecule has 2 aliphatic rings. The third-order valence-corrected chi connectivity index (χ3v) is 6.18. The van der Waals surface area contributed by atoms with Crippen molar-refractivity contribution in [2.75, 3.05) is 19.6 Å². The molecule has 10 nitrogen and oxygen atoms in total. The average molecular weight is 440 g/mol. The van der Waals surface area contributed by atoms with Crippen molar-refractivity contribution in [3.05, 3.63) is 0 Å². The van der Waals surface area contributed by atoms with Crippen LogP contribution < -0.4 is 16.8 Å². The minimum Gasteiger partial charge on any atom is -0.480 e. The number of hydrogen-bond donors (Lipinski definition) is 4. The zero-order chi connectivity index (χ0) is 23.1. The normalized spacial score (nSPS) is 23.1. The first-order valence-corrected chi connectivity index (χ1v) is 11.3. The molecule has 2 aliphatic heterocycles. The lowest BCUT2D eigenvalue weighted by atomic mass is 10.0. The number of carboxylic acids is 1. The van der Waals surface area contributed by atoms with Crippen molar-refractivity contribution < 1.29 is 24.3 Å². The number of unbranched alkanes of at least 4 members (excludes halogenated alkanes) is 1. The molecule has 4 atom stereocenters. The van der Waals surface area contributed by atoms with Crippen LogP contribution in [-0.2, 0) is 19.2 Å². The molecule has 0 aromatic rings. The minimum absolute atomic E-state index is 0.192. The van der Waals surface area contributed by atoms with E-state index in [0.29, 0.717) is 51.7 Å². The molecule has 0 radical (unpaired) electrons. The number of nitrogens with one attached hydrogen (secondary N) is 1. The third kappa shape index (κ3) is 6.16. The van der Waals surface area contributed by atoms with E-state index in [0.717, 1.165) is 12.8 Å². The van der Waals surface area contributed by atoms with Crippen molar-refractivity contribution in [1.82, 2.24) is 15.1 Å². The SMILES string of the molecule is CC(C)C(NC(=O)C(N)CCCCN)C(=O)N1CCCC1C(=O)N1CCCC1C(=O)O. The van der Waals surface area contributed by atoms with E-state index >= 15 is 0 Å². The van der Waals surface area contributed by atoms with Crippen molar-refractivity contribution in [3.8, 4) is 0 Å². The average Bonchev–Trinajstić information content (AvgIpc) is 3.40. The van der Waals surface area contributed by atoms with Gasteiger partial charge in [-0.3, -0.25) is 14.4 Å². The Hall–Kier alpha value is -2.20. The number of nitrogens with two attached hydrogens (primary N) is 2. The van der Waals surface area contributed by atoms with Gasteiger partial charge in [0, 0.05) is 13.1 Å². The molecule has 10 heteroatoms. The van der Waals surface area contributed by atoms with Crippen LogP contribution >= 0.6 is 0 Å². The fraction of sp³-hybridized carbons (Fsp3) is 0.810. The van der Waals surface area contributed by atoms with E-state index < -0.39 is 36.0 Å². The molecular formula is C21H37N5O5. The van der Waals surface area contributed by atoms with Crippen LogP contribution in [0.1, 0.15) is 58.8 Å². The zero-order valence-corrected chi connectivity index (χ0v) is 18.6. The molecule has 0 aromatic carbocycles. The summed E-state index contributed by atoms with van der Waals surface area (Å²) < 4.78 is 0. The van der Waals surface area contributed by atoms with Crippen LogP contribution in [-0.4, -0.2) is 82.4 Å². The Kier molecular flexibility index (Phi) is 9.24. The van der Waals surface area contributed by atoms with E-state index in [9.17, 15) is 24.3 Å². The summed E-state index contributed by atoms with van der Waals surface area (Å²) in [6.07, 6.45) is 4.20. The quantitative estimate of drug-likeness (QED) is 0.339. The molecule has 4 unspecified atom stereocenters. The van der Waals surface area contributed by atoms with E-state index in [1.165, 1.54) is 9.80 Å². The Morgan fingerprint density at radius 3 is 2.23 bits per heavy atom. The summed E-state index contributed by atoms with van der Waals surface area (Å²) in [6.45, 7) is 4.98. The molecule has 0 aliphatic carbocycles. The first kappa shape index (κ1) is 25.1. The molecular weight excluding hydrogens is 402 g/mol. The molecule has 0 bridgehead atoms. The minimum atomic E-state index is -1.02. The van der Waals surface area contributed by atoms with E-state index in [-0.39, 0.29) is 17.7 Å². The second-order valence-electron chi connectivity index (χ2n) is 8.84. The first-order valence-electron chi connectivity index (χ1n) is 11.3. The molecule has 2 heterocycles. The Bertz CT molecular complexity index is 671. The molecule has 0 aromatic heterocycles. The van der Waals surface area contributed by atoms with E-state index in [1.54, 1.807) is 0 Å². The number of carboxylic acid groups (broad SMARTS) is 1. The van der Waals surface area contributed by atoms with E-state index in [4.69, 9.17) is 11.5 Å². The van der Waals surface area contributed by atoms with Gasteiger partial charge in [-0.15, -0.1) is 0 Å². The number of hydrogen-bond acceptors (Lipinski definition) is 6. The van der Waals surface area contributed by atoms with Gasteiger partial charge in [0.25, 0.3) is 0 Å². The maximum absolute atomic E-state index is 13.3. The molecule has 0 spiro atoms. The number of aliphatic carboxylic acids is 1. The van der Waals surface area contributed by atoms with Gasteiger partial charge >= 0.3 is 5.97 Å². The Balaban J connectivity index is 2.07. The van der Waals surface area contributed by atoms with Crippen molar-refractivity contribution in [3.63, 3.8) is 0 Å². The van der Waals surface area contributed by atoms with Gasteiger partial charge < -0.3 is 31.7 Å². The predicted molar refractivity (Wildman–Crippen MR) is 115 cm³/mol. The molecule has 2 saturated heterocycles. The monoisotopic (exact) mass is 439 g/mol. The van der Waals surface area contributed by atoms with Crippen LogP contribution in [0.2, 0.25) is 0 Å². The summed E-state index contributed by atoms with van der Waals surface area (Å²) in [5.74, 6) is -2.24. The first-order chi connectivity index (χ1) is 14.7. The largest absolute Gasteiger partial charge is 0.480 e.